The molecule has 0 saturated carbocycles. The van der Waals surface area contributed by atoms with Gasteiger partial charge in [-0.3, -0.25) is 4.79 Å². The second kappa shape index (κ2) is 6.79. The van der Waals surface area contributed by atoms with Gasteiger partial charge >= 0.3 is 6.03 Å². The number of hydrogen-bond donors (Lipinski definition) is 3. The number of rotatable bonds is 4. The van der Waals surface area contributed by atoms with Crippen molar-refractivity contribution in [1.29, 1.82) is 0 Å². The standard InChI is InChI=1S/C16H23N3O3/c1-10-4-5-14(6-11(10)2)19-9-13(7-15(19)21)18-16(22)17-8-12(3)20/h4-6,12-13,20H,7-9H2,1-3H3,(H2,17,18,22). The minimum atomic E-state index is -0.594. The third-order valence-electron chi connectivity index (χ3n) is 3.82. The van der Waals surface area contributed by atoms with Crippen molar-refractivity contribution in [1.82, 2.24) is 10.6 Å². The number of carbonyl (C=O) groups is 2. The summed E-state index contributed by atoms with van der Waals surface area (Å²) < 4.78 is 0. The van der Waals surface area contributed by atoms with Crippen molar-refractivity contribution in [3.63, 3.8) is 0 Å². The molecule has 3 amide bonds. The van der Waals surface area contributed by atoms with E-state index in [2.05, 4.69) is 10.6 Å². The summed E-state index contributed by atoms with van der Waals surface area (Å²) in [6, 6.07) is 5.33. The third-order valence-corrected chi connectivity index (χ3v) is 3.82. The number of amides is 3. The molecule has 6 heteroatoms. The van der Waals surface area contributed by atoms with E-state index in [0.29, 0.717) is 6.54 Å². The molecule has 2 rings (SSSR count). The van der Waals surface area contributed by atoms with Gasteiger partial charge in [0.2, 0.25) is 5.91 Å². The van der Waals surface area contributed by atoms with Gasteiger partial charge in [0.1, 0.15) is 0 Å². The highest BCUT2D eigenvalue weighted by atomic mass is 16.3. The molecule has 6 nitrogen and oxygen atoms in total. The molecule has 3 N–H and O–H groups in total. The van der Waals surface area contributed by atoms with Gasteiger partial charge in [-0.2, -0.15) is 0 Å². The lowest BCUT2D eigenvalue weighted by atomic mass is 10.1. The monoisotopic (exact) mass is 305 g/mol. The van der Waals surface area contributed by atoms with Gasteiger partial charge in [0.05, 0.1) is 12.1 Å². The number of anilines is 1. The number of nitrogens with one attached hydrogen (secondary N) is 2. The Morgan fingerprint density at radius 3 is 2.77 bits per heavy atom. The van der Waals surface area contributed by atoms with Crippen molar-refractivity contribution in [2.24, 2.45) is 0 Å². The van der Waals surface area contributed by atoms with E-state index in [1.54, 1.807) is 11.8 Å². The predicted octanol–water partition coefficient (Wildman–Crippen LogP) is 1.09. The lowest BCUT2D eigenvalue weighted by molar-refractivity contribution is -0.117. The maximum absolute atomic E-state index is 12.1. The van der Waals surface area contributed by atoms with E-state index in [-0.39, 0.29) is 30.9 Å². The number of nitrogens with zero attached hydrogens (tertiary/aromatic N) is 1. The van der Waals surface area contributed by atoms with Crippen LogP contribution in [0.1, 0.15) is 24.5 Å². The zero-order valence-electron chi connectivity index (χ0n) is 13.2. The van der Waals surface area contributed by atoms with Crippen LogP contribution < -0.4 is 15.5 Å². The van der Waals surface area contributed by atoms with Gasteiger partial charge in [0.25, 0.3) is 0 Å². The molecule has 1 aliphatic heterocycles. The topological polar surface area (TPSA) is 81.7 Å². The number of carbonyl (C=O) groups excluding carboxylic acids is 2. The van der Waals surface area contributed by atoms with E-state index in [0.717, 1.165) is 11.3 Å². The molecule has 1 fully saturated rings. The molecule has 0 aliphatic carbocycles. The lowest BCUT2D eigenvalue weighted by Gasteiger charge is -2.18. The Morgan fingerprint density at radius 1 is 1.41 bits per heavy atom. The van der Waals surface area contributed by atoms with E-state index in [1.807, 2.05) is 32.0 Å². The number of hydrogen-bond acceptors (Lipinski definition) is 3. The summed E-state index contributed by atoms with van der Waals surface area (Å²) in [5.41, 5.74) is 3.18. The summed E-state index contributed by atoms with van der Waals surface area (Å²) in [6.45, 7) is 6.29. The molecular formula is C16H23N3O3. The number of aryl methyl sites for hydroxylation is 2. The fourth-order valence-corrected chi connectivity index (χ4v) is 2.42. The second-order valence-corrected chi connectivity index (χ2v) is 5.88. The Bertz CT molecular complexity index is 572. The molecule has 120 valence electrons. The Labute approximate surface area is 130 Å². The molecule has 1 saturated heterocycles. The molecule has 0 radical (unpaired) electrons. The van der Waals surface area contributed by atoms with Crippen LogP contribution in [0.3, 0.4) is 0 Å². The van der Waals surface area contributed by atoms with Crippen LogP contribution in [0.5, 0.6) is 0 Å². The second-order valence-electron chi connectivity index (χ2n) is 5.88. The van der Waals surface area contributed by atoms with Crippen LogP contribution in [-0.4, -0.2) is 42.3 Å². The van der Waals surface area contributed by atoms with Crippen LogP contribution in [-0.2, 0) is 4.79 Å². The number of benzene rings is 1. The minimum Gasteiger partial charge on any atom is -0.392 e. The first-order valence-corrected chi connectivity index (χ1v) is 7.47. The van der Waals surface area contributed by atoms with Crippen molar-refractivity contribution in [3.05, 3.63) is 29.3 Å². The maximum atomic E-state index is 12.1. The normalized spacial score (nSPS) is 19.2. The van der Waals surface area contributed by atoms with Crippen molar-refractivity contribution in [2.45, 2.75) is 39.3 Å². The quantitative estimate of drug-likeness (QED) is 0.779. The van der Waals surface area contributed by atoms with E-state index in [9.17, 15) is 9.59 Å². The Kier molecular flexibility index (Phi) is 5.03. The van der Waals surface area contributed by atoms with E-state index >= 15 is 0 Å². The van der Waals surface area contributed by atoms with Gasteiger partial charge in [0.15, 0.2) is 0 Å². The van der Waals surface area contributed by atoms with Crippen LogP contribution in [0.2, 0.25) is 0 Å². The SMILES string of the molecule is Cc1ccc(N2CC(NC(=O)NCC(C)O)CC2=O)cc1C. The summed E-state index contributed by atoms with van der Waals surface area (Å²) in [7, 11) is 0. The summed E-state index contributed by atoms with van der Waals surface area (Å²) in [5.74, 6) is 0.00378. The highest BCUT2D eigenvalue weighted by Gasteiger charge is 2.31. The maximum Gasteiger partial charge on any atom is 0.315 e. The summed E-state index contributed by atoms with van der Waals surface area (Å²) in [4.78, 5) is 25.5. The van der Waals surface area contributed by atoms with Crippen LogP contribution in [0.15, 0.2) is 18.2 Å². The van der Waals surface area contributed by atoms with E-state index in [1.165, 1.54) is 5.56 Å². The van der Waals surface area contributed by atoms with Crippen LogP contribution in [0, 0.1) is 13.8 Å². The minimum absolute atomic E-state index is 0.00378. The summed E-state index contributed by atoms with van der Waals surface area (Å²) in [5, 5.41) is 14.5. The van der Waals surface area contributed by atoms with Crippen LogP contribution in [0.4, 0.5) is 10.5 Å². The molecule has 2 unspecified atom stereocenters. The highest BCUT2D eigenvalue weighted by Crippen LogP contribution is 2.23. The lowest BCUT2D eigenvalue weighted by Crippen LogP contribution is -2.45. The van der Waals surface area contributed by atoms with Crippen LogP contribution >= 0.6 is 0 Å². The Morgan fingerprint density at radius 2 is 2.14 bits per heavy atom. The molecule has 1 heterocycles. The number of aliphatic hydroxyl groups excluding tert-OH is 1. The van der Waals surface area contributed by atoms with E-state index < -0.39 is 6.10 Å². The highest BCUT2D eigenvalue weighted by molar-refractivity contribution is 5.96. The third kappa shape index (κ3) is 3.98. The summed E-state index contributed by atoms with van der Waals surface area (Å²) in [6.07, 6.45) is -0.308. The molecule has 1 aliphatic rings. The zero-order valence-corrected chi connectivity index (χ0v) is 13.2. The van der Waals surface area contributed by atoms with Crippen molar-refractivity contribution >= 4 is 17.6 Å². The molecule has 0 bridgehead atoms. The van der Waals surface area contributed by atoms with Gasteiger partial charge in [-0.05, 0) is 44.0 Å². The fourth-order valence-electron chi connectivity index (χ4n) is 2.42. The first kappa shape index (κ1) is 16.3. The van der Waals surface area contributed by atoms with Gasteiger partial charge in [0, 0.05) is 25.2 Å². The van der Waals surface area contributed by atoms with Crippen molar-refractivity contribution in [3.8, 4) is 0 Å². The smallest absolute Gasteiger partial charge is 0.315 e. The molecule has 0 aromatic heterocycles. The van der Waals surface area contributed by atoms with E-state index in [4.69, 9.17) is 5.11 Å². The number of aliphatic hydroxyl groups is 1. The molecule has 2 atom stereocenters. The van der Waals surface area contributed by atoms with Gasteiger partial charge < -0.3 is 20.6 Å². The van der Waals surface area contributed by atoms with Crippen LogP contribution in [0.25, 0.3) is 0 Å². The average Bonchev–Trinajstić information content (AvgIpc) is 2.80. The first-order chi connectivity index (χ1) is 10.4. The van der Waals surface area contributed by atoms with Gasteiger partial charge in [-0.1, -0.05) is 6.07 Å². The predicted molar refractivity (Wildman–Crippen MR) is 84.9 cm³/mol. The molecular weight excluding hydrogens is 282 g/mol. The molecule has 1 aromatic rings. The average molecular weight is 305 g/mol. The number of urea groups is 1. The van der Waals surface area contributed by atoms with Gasteiger partial charge in [-0.25, -0.2) is 4.79 Å². The van der Waals surface area contributed by atoms with Crippen molar-refractivity contribution in [2.75, 3.05) is 18.0 Å². The summed E-state index contributed by atoms with van der Waals surface area (Å²) >= 11 is 0. The largest absolute Gasteiger partial charge is 0.392 e. The Hall–Kier alpha value is -2.08. The zero-order chi connectivity index (χ0) is 16.3. The van der Waals surface area contributed by atoms with Crippen molar-refractivity contribution < 1.29 is 14.7 Å². The first-order valence-electron chi connectivity index (χ1n) is 7.47. The Balaban J connectivity index is 1.95. The molecule has 22 heavy (non-hydrogen) atoms. The molecule has 0 spiro atoms. The van der Waals surface area contributed by atoms with Gasteiger partial charge in [-0.15, -0.1) is 0 Å². The fraction of sp³-hybridized carbons (Fsp3) is 0.500. The molecule has 1 aromatic carbocycles.